The summed E-state index contributed by atoms with van der Waals surface area (Å²) >= 11 is 0. The van der Waals surface area contributed by atoms with Gasteiger partial charge in [-0.15, -0.1) is 24.0 Å². The molecule has 22 heavy (non-hydrogen) atoms. The van der Waals surface area contributed by atoms with Crippen molar-refractivity contribution in [3.8, 4) is 0 Å². The highest BCUT2D eigenvalue weighted by Crippen LogP contribution is 2.12. The van der Waals surface area contributed by atoms with Gasteiger partial charge in [0.2, 0.25) is 0 Å². The van der Waals surface area contributed by atoms with Crippen LogP contribution in [0, 0.1) is 10.1 Å². The second kappa shape index (κ2) is 10.4. The molecule has 0 spiro atoms. The summed E-state index contributed by atoms with van der Waals surface area (Å²) in [4.78, 5) is 14.7. The highest BCUT2D eigenvalue weighted by molar-refractivity contribution is 14.0. The van der Waals surface area contributed by atoms with Gasteiger partial charge >= 0.3 is 0 Å². The Morgan fingerprint density at radius 3 is 2.27 bits per heavy atom. The first-order valence-corrected chi connectivity index (χ1v) is 7.23. The van der Waals surface area contributed by atoms with E-state index >= 15 is 0 Å². The first-order chi connectivity index (χ1) is 9.92. The van der Waals surface area contributed by atoms with Crippen LogP contribution in [0.15, 0.2) is 29.3 Å². The minimum atomic E-state index is -0.400. The molecule has 0 saturated heterocycles. The van der Waals surface area contributed by atoms with E-state index in [9.17, 15) is 10.1 Å². The summed E-state index contributed by atoms with van der Waals surface area (Å²) in [7, 11) is 0. The van der Waals surface area contributed by atoms with Crippen molar-refractivity contribution in [2.24, 2.45) is 4.99 Å². The molecule has 1 aromatic rings. The van der Waals surface area contributed by atoms with Crippen LogP contribution in [-0.2, 0) is 6.54 Å². The molecule has 1 aromatic carbocycles. The van der Waals surface area contributed by atoms with Gasteiger partial charge in [-0.3, -0.25) is 10.1 Å². The zero-order valence-corrected chi connectivity index (χ0v) is 15.8. The molecule has 0 heterocycles. The van der Waals surface area contributed by atoms with Crippen LogP contribution in [0.4, 0.5) is 5.69 Å². The molecule has 0 fully saturated rings. The SMILES string of the molecule is CCC(C)NC(=NCc1ccc([N+](=O)[O-])cc1)NC(C)C.I. The summed E-state index contributed by atoms with van der Waals surface area (Å²) in [5, 5.41) is 17.2. The minimum Gasteiger partial charge on any atom is -0.354 e. The number of nitrogens with zero attached hydrogens (tertiary/aromatic N) is 2. The largest absolute Gasteiger partial charge is 0.354 e. The number of hydrogen-bond donors (Lipinski definition) is 2. The van der Waals surface area contributed by atoms with E-state index in [4.69, 9.17) is 0 Å². The van der Waals surface area contributed by atoms with Crippen LogP contribution >= 0.6 is 24.0 Å². The topological polar surface area (TPSA) is 79.6 Å². The predicted octanol–water partition coefficient (Wildman–Crippen LogP) is 3.45. The van der Waals surface area contributed by atoms with Crippen LogP contribution in [0.2, 0.25) is 0 Å². The standard InChI is InChI=1S/C15H24N4O2.HI/c1-5-12(4)18-15(17-11(2)3)16-10-13-6-8-14(9-7-13)19(20)21;/h6-9,11-12H,5,10H2,1-4H3,(H2,16,17,18);1H. The third-order valence-corrected chi connectivity index (χ3v) is 2.99. The van der Waals surface area contributed by atoms with Crippen LogP contribution in [0.25, 0.3) is 0 Å². The van der Waals surface area contributed by atoms with E-state index in [0.29, 0.717) is 12.6 Å². The lowest BCUT2D eigenvalue weighted by atomic mass is 10.2. The summed E-state index contributed by atoms with van der Waals surface area (Å²) in [5.41, 5.74) is 1.04. The average Bonchev–Trinajstić information content (AvgIpc) is 2.44. The molecular weight excluding hydrogens is 395 g/mol. The van der Waals surface area contributed by atoms with Crippen molar-refractivity contribution in [3.05, 3.63) is 39.9 Å². The number of guanidine groups is 1. The number of nitrogens with one attached hydrogen (secondary N) is 2. The lowest BCUT2D eigenvalue weighted by molar-refractivity contribution is -0.384. The summed E-state index contributed by atoms with van der Waals surface area (Å²) in [5.74, 6) is 0.762. The van der Waals surface area contributed by atoms with Crippen LogP contribution in [0.3, 0.4) is 0 Å². The van der Waals surface area contributed by atoms with E-state index in [1.54, 1.807) is 12.1 Å². The van der Waals surface area contributed by atoms with E-state index in [2.05, 4.69) is 43.3 Å². The summed E-state index contributed by atoms with van der Waals surface area (Å²) < 4.78 is 0. The molecule has 124 valence electrons. The van der Waals surface area contributed by atoms with Crippen molar-refractivity contribution < 1.29 is 4.92 Å². The number of aliphatic imine (C=N–C) groups is 1. The maximum atomic E-state index is 10.6. The maximum absolute atomic E-state index is 10.6. The van der Waals surface area contributed by atoms with Gasteiger partial charge in [0.1, 0.15) is 0 Å². The van der Waals surface area contributed by atoms with Crippen LogP contribution in [0.5, 0.6) is 0 Å². The second-order valence-electron chi connectivity index (χ2n) is 5.34. The van der Waals surface area contributed by atoms with Crippen molar-refractivity contribution in [3.63, 3.8) is 0 Å². The Kier molecular flexibility index (Phi) is 9.71. The van der Waals surface area contributed by atoms with E-state index in [1.165, 1.54) is 12.1 Å². The fourth-order valence-electron chi connectivity index (χ4n) is 1.64. The Morgan fingerprint density at radius 1 is 1.23 bits per heavy atom. The molecule has 0 amide bonds. The molecule has 1 rings (SSSR count). The molecule has 7 heteroatoms. The number of nitro benzene ring substituents is 1. The number of rotatable bonds is 6. The lowest BCUT2D eigenvalue weighted by Crippen LogP contribution is -2.44. The normalized spacial score (nSPS) is 12.5. The molecule has 0 aliphatic rings. The molecule has 0 radical (unpaired) electrons. The highest BCUT2D eigenvalue weighted by atomic mass is 127. The third kappa shape index (κ3) is 7.58. The van der Waals surface area contributed by atoms with Gasteiger partial charge in [0, 0.05) is 24.2 Å². The summed E-state index contributed by atoms with van der Waals surface area (Å²) in [6.45, 7) is 8.81. The van der Waals surface area contributed by atoms with Crippen molar-refractivity contribution in [1.29, 1.82) is 0 Å². The third-order valence-electron chi connectivity index (χ3n) is 2.99. The van der Waals surface area contributed by atoms with Crippen molar-refractivity contribution in [2.45, 2.75) is 52.7 Å². The van der Waals surface area contributed by atoms with Gasteiger partial charge < -0.3 is 10.6 Å². The smallest absolute Gasteiger partial charge is 0.269 e. The van der Waals surface area contributed by atoms with Crippen molar-refractivity contribution in [2.75, 3.05) is 0 Å². The Bertz CT molecular complexity index is 489. The fraction of sp³-hybridized carbons (Fsp3) is 0.533. The fourth-order valence-corrected chi connectivity index (χ4v) is 1.64. The molecular formula is C15H25IN4O2. The van der Waals surface area contributed by atoms with Crippen molar-refractivity contribution in [1.82, 2.24) is 10.6 Å². The number of non-ortho nitro benzene ring substituents is 1. The molecule has 2 N–H and O–H groups in total. The molecule has 1 atom stereocenters. The number of halogens is 1. The highest BCUT2D eigenvalue weighted by Gasteiger charge is 2.06. The van der Waals surface area contributed by atoms with Crippen molar-refractivity contribution >= 4 is 35.6 Å². The molecule has 0 bridgehead atoms. The zero-order valence-electron chi connectivity index (χ0n) is 13.5. The number of benzene rings is 1. The average molecular weight is 420 g/mol. The first-order valence-electron chi connectivity index (χ1n) is 7.23. The molecule has 0 saturated carbocycles. The van der Waals surface area contributed by atoms with E-state index in [1.807, 2.05) is 0 Å². The van der Waals surface area contributed by atoms with E-state index in [-0.39, 0.29) is 35.7 Å². The van der Waals surface area contributed by atoms with Crippen LogP contribution in [0.1, 0.15) is 39.7 Å². The Balaban J connectivity index is 0.00000441. The minimum absolute atomic E-state index is 0. The van der Waals surface area contributed by atoms with Gasteiger partial charge in [-0.25, -0.2) is 4.99 Å². The zero-order chi connectivity index (χ0) is 15.8. The Morgan fingerprint density at radius 2 is 1.82 bits per heavy atom. The quantitative estimate of drug-likeness (QED) is 0.243. The molecule has 0 aliphatic carbocycles. The van der Waals surface area contributed by atoms with Gasteiger partial charge in [-0.1, -0.05) is 19.1 Å². The van der Waals surface area contributed by atoms with Gasteiger partial charge in [0.05, 0.1) is 11.5 Å². The van der Waals surface area contributed by atoms with Crippen LogP contribution < -0.4 is 10.6 Å². The summed E-state index contributed by atoms with van der Waals surface area (Å²) in [6, 6.07) is 7.10. The van der Waals surface area contributed by atoms with Gasteiger partial charge in [0.25, 0.3) is 5.69 Å². The Hall–Kier alpha value is -1.38. The lowest BCUT2D eigenvalue weighted by Gasteiger charge is -2.19. The van der Waals surface area contributed by atoms with Gasteiger partial charge in [0.15, 0.2) is 5.96 Å². The first kappa shape index (κ1) is 20.6. The molecule has 6 nitrogen and oxygen atoms in total. The van der Waals surface area contributed by atoms with E-state index < -0.39 is 4.92 Å². The van der Waals surface area contributed by atoms with Gasteiger partial charge in [-0.2, -0.15) is 0 Å². The number of nitro groups is 1. The number of hydrogen-bond acceptors (Lipinski definition) is 3. The molecule has 1 unspecified atom stereocenters. The van der Waals surface area contributed by atoms with Crippen LogP contribution in [-0.4, -0.2) is 23.0 Å². The molecule has 0 aromatic heterocycles. The molecule has 0 aliphatic heterocycles. The van der Waals surface area contributed by atoms with E-state index in [0.717, 1.165) is 17.9 Å². The monoisotopic (exact) mass is 420 g/mol. The summed E-state index contributed by atoms with van der Waals surface area (Å²) in [6.07, 6.45) is 1.01. The maximum Gasteiger partial charge on any atom is 0.269 e. The second-order valence-corrected chi connectivity index (χ2v) is 5.34. The van der Waals surface area contributed by atoms with Gasteiger partial charge in [-0.05, 0) is 32.8 Å². The predicted molar refractivity (Wildman–Crippen MR) is 101 cm³/mol. The Labute approximate surface area is 149 Å².